The molecule has 0 atom stereocenters. The summed E-state index contributed by atoms with van der Waals surface area (Å²) in [6.07, 6.45) is 0. The normalized spacial score (nSPS) is 7.62. The van der Waals surface area contributed by atoms with Crippen LogP contribution in [0.3, 0.4) is 0 Å². The standard InChI is InChI=1S/C4H12N2.Cu.HI/c1-5-3-4-6-2;;/h5-6H,3-4H2,1-2H3;;1H/q;+1;/p-1. The van der Waals surface area contributed by atoms with Crippen molar-refractivity contribution in [2.75, 3.05) is 27.2 Å². The molecule has 0 aliphatic rings. The van der Waals surface area contributed by atoms with Crippen molar-refractivity contribution in [1.29, 1.82) is 0 Å². The van der Waals surface area contributed by atoms with Crippen molar-refractivity contribution in [1.82, 2.24) is 10.6 Å². The van der Waals surface area contributed by atoms with Gasteiger partial charge in [0.15, 0.2) is 0 Å². The van der Waals surface area contributed by atoms with Crippen LogP contribution in [0.4, 0.5) is 0 Å². The van der Waals surface area contributed by atoms with Crippen LogP contribution < -0.4 is 10.6 Å². The SMILES string of the molecule is CNCCNC.[Cu][I]. The minimum absolute atomic E-state index is 1.05. The first kappa shape index (κ1) is 11.9. The quantitative estimate of drug-likeness (QED) is 0.441. The molecule has 0 aromatic rings. The average Bonchev–Trinajstić information content (AvgIpc) is 1.88. The van der Waals surface area contributed by atoms with E-state index in [1.165, 1.54) is 0 Å². The fraction of sp³-hybridized carbons (Fsp3) is 1.00. The fourth-order valence-electron chi connectivity index (χ4n) is 0.250. The molecule has 56 valence electrons. The van der Waals surface area contributed by atoms with Crippen molar-refractivity contribution in [2.45, 2.75) is 0 Å². The molecule has 0 saturated carbocycles. The molecule has 0 heterocycles. The molecule has 0 saturated heterocycles. The van der Waals surface area contributed by atoms with E-state index < -0.39 is 0 Å². The van der Waals surface area contributed by atoms with Crippen LogP contribution in [-0.4, -0.2) is 27.2 Å². The predicted molar refractivity (Wildman–Crippen MR) is 41.9 cm³/mol. The van der Waals surface area contributed by atoms with Gasteiger partial charge in [0.2, 0.25) is 0 Å². The molecule has 0 rings (SSSR count). The van der Waals surface area contributed by atoms with E-state index in [1.807, 2.05) is 14.1 Å². The Morgan fingerprint density at radius 2 is 1.38 bits per heavy atom. The van der Waals surface area contributed by atoms with Gasteiger partial charge in [0, 0.05) is 13.1 Å². The monoisotopic (exact) mass is 278 g/mol. The summed E-state index contributed by atoms with van der Waals surface area (Å²) >= 11 is 5.87. The Bertz CT molecular complexity index is 26.0. The van der Waals surface area contributed by atoms with E-state index in [0.29, 0.717) is 0 Å². The van der Waals surface area contributed by atoms with E-state index in [0.717, 1.165) is 13.1 Å². The Balaban J connectivity index is 0. The van der Waals surface area contributed by atoms with Crippen molar-refractivity contribution in [3.05, 3.63) is 0 Å². The number of halogens is 1. The van der Waals surface area contributed by atoms with Crippen LogP contribution in [0.25, 0.3) is 0 Å². The Hall–Kier alpha value is 1.17. The van der Waals surface area contributed by atoms with Crippen molar-refractivity contribution < 1.29 is 12.8 Å². The molecule has 0 amide bonds. The van der Waals surface area contributed by atoms with Crippen LogP contribution in [0.15, 0.2) is 0 Å². The van der Waals surface area contributed by atoms with Crippen molar-refractivity contribution in [3.63, 3.8) is 0 Å². The Labute approximate surface area is 70.7 Å². The zero-order chi connectivity index (χ0) is 6.83. The molecule has 0 radical (unpaired) electrons. The van der Waals surface area contributed by atoms with Gasteiger partial charge in [0.1, 0.15) is 0 Å². The van der Waals surface area contributed by atoms with Gasteiger partial charge in [-0.2, -0.15) is 0 Å². The maximum atomic E-state index is 4.16. The average molecular weight is 279 g/mol. The third-order valence-electron chi connectivity index (χ3n) is 0.625. The Morgan fingerprint density at radius 3 is 1.50 bits per heavy atom. The van der Waals surface area contributed by atoms with E-state index >= 15 is 0 Å². The van der Waals surface area contributed by atoms with Crippen LogP contribution >= 0.6 is 20.3 Å². The number of likely N-dealkylation sites (N-methyl/N-ethyl adjacent to an activating group) is 2. The molecule has 0 unspecified atom stereocenters. The number of hydrogen-bond donors (Lipinski definition) is 2. The van der Waals surface area contributed by atoms with Gasteiger partial charge in [0.25, 0.3) is 0 Å². The molecule has 8 heavy (non-hydrogen) atoms. The molecule has 0 aromatic carbocycles. The van der Waals surface area contributed by atoms with Crippen molar-refractivity contribution in [3.8, 4) is 0 Å². The number of rotatable bonds is 3. The topological polar surface area (TPSA) is 24.1 Å². The van der Waals surface area contributed by atoms with Gasteiger partial charge >= 0.3 is 33.1 Å². The molecule has 2 nitrogen and oxygen atoms in total. The molecule has 0 aliphatic heterocycles. The Morgan fingerprint density at radius 1 is 1.12 bits per heavy atom. The van der Waals surface area contributed by atoms with E-state index in [9.17, 15) is 0 Å². The summed E-state index contributed by atoms with van der Waals surface area (Å²) in [5, 5.41) is 6.01. The first-order valence-corrected chi connectivity index (χ1v) is 5.36. The summed E-state index contributed by atoms with van der Waals surface area (Å²) < 4.78 is 0. The van der Waals surface area contributed by atoms with E-state index in [-0.39, 0.29) is 0 Å². The minimum atomic E-state index is 1.05. The summed E-state index contributed by atoms with van der Waals surface area (Å²) in [7, 11) is 3.88. The van der Waals surface area contributed by atoms with Crippen LogP contribution in [0.2, 0.25) is 0 Å². The molecule has 0 fully saturated rings. The van der Waals surface area contributed by atoms with E-state index in [4.69, 9.17) is 0 Å². The summed E-state index contributed by atoms with van der Waals surface area (Å²) in [6, 6.07) is 0. The second-order valence-electron chi connectivity index (χ2n) is 1.21. The zero-order valence-corrected chi connectivity index (χ0v) is 8.19. The molecule has 0 spiro atoms. The molecule has 0 aromatic heterocycles. The number of nitrogens with one attached hydrogen (secondary N) is 2. The first-order chi connectivity index (χ1) is 3.91. The van der Waals surface area contributed by atoms with Crippen LogP contribution in [0.5, 0.6) is 0 Å². The van der Waals surface area contributed by atoms with Gasteiger partial charge in [-0.15, -0.1) is 0 Å². The molecule has 2 N–H and O–H groups in total. The van der Waals surface area contributed by atoms with Crippen molar-refractivity contribution in [2.24, 2.45) is 0 Å². The van der Waals surface area contributed by atoms with Gasteiger partial charge in [-0.25, -0.2) is 0 Å². The van der Waals surface area contributed by atoms with Crippen LogP contribution in [0, 0.1) is 0 Å². The molecule has 4 heteroatoms. The first-order valence-electron chi connectivity index (χ1n) is 2.32. The molecular formula is C4H12CuIN2. The predicted octanol–water partition coefficient (Wildman–Crippen LogP) is 0.308. The third kappa shape index (κ3) is 15.7. The van der Waals surface area contributed by atoms with Gasteiger partial charge < -0.3 is 10.6 Å². The van der Waals surface area contributed by atoms with Crippen LogP contribution in [0.1, 0.15) is 0 Å². The summed E-state index contributed by atoms with van der Waals surface area (Å²) in [5.41, 5.74) is 0. The Kier molecular flexibility index (Phi) is 23.4. The molecule has 0 bridgehead atoms. The number of hydrogen-bond acceptors (Lipinski definition) is 2. The van der Waals surface area contributed by atoms with Crippen LogP contribution in [-0.2, 0) is 12.8 Å². The van der Waals surface area contributed by atoms with E-state index in [1.54, 1.807) is 20.3 Å². The van der Waals surface area contributed by atoms with Gasteiger partial charge in [0.05, 0.1) is 0 Å². The zero-order valence-electron chi connectivity index (χ0n) is 5.09. The fourth-order valence-corrected chi connectivity index (χ4v) is 0.250. The molecular weight excluding hydrogens is 267 g/mol. The second kappa shape index (κ2) is 15.7. The maximum absolute atomic E-state index is 4.16. The van der Waals surface area contributed by atoms with Crippen molar-refractivity contribution >= 4 is 20.3 Å². The van der Waals surface area contributed by atoms with Gasteiger partial charge in [-0.1, -0.05) is 0 Å². The third-order valence-corrected chi connectivity index (χ3v) is 0.625. The molecule has 0 aliphatic carbocycles. The van der Waals surface area contributed by atoms with E-state index in [2.05, 4.69) is 23.4 Å². The van der Waals surface area contributed by atoms with Gasteiger partial charge in [-0.05, 0) is 14.1 Å². The summed E-state index contributed by atoms with van der Waals surface area (Å²) in [5.74, 6) is 0. The van der Waals surface area contributed by atoms with Gasteiger partial charge in [-0.3, -0.25) is 0 Å². The summed E-state index contributed by atoms with van der Waals surface area (Å²) in [4.78, 5) is 0. The summed E-state index contributed by atoms with van der Waals surface area (Å²) in [6.45, 7) is 2.10. The second-order valence-corrected chi connectivity index (χ2v) is 1.21.